The molecular weight excluding hydrogens is 300 g/mol. The normalized spacial score (nSPS) is 19.5. The molecule has 0 saturated carbocycles. The Kier molecular flexibility index (Phi) is 5.64. The molecule has 2 heterocycles. The molecule has 0 aliphatic carbocycles. The highest BCUT2D eigenvalue weighted by Gasteiger charge is 2.28. The molecule has 1 saturated heterocycles. The summed E-state index contributed by atoms with van der Waals surface area (Å²) in [5.74, 6) is 0.275. The molecule has 0 radical (unpaired) electrons. The Morgan fingerprint density at radius 3 is 2.79 bits per heavy atom. The largest absolute Gasteiger partial charge is 0.334 e. The quantitative estimate of drug-likeness (QED) is 0.887. The third-order valence-electron chi connectivity index (χ3n) is 4.81. The van der Waals surface area contributed by atoms with Gasteiger partial charge in [-0.3, -0.25) is 9.89 Å². The van der Waals surface area contributed by atoms with Crippen molar-refractivity contribution >= 4 is 5.91 Å². The van der Waals surface area contributed by atoms with E-state index in [1.165, 1.54) is 11.1 Å². The second kappa shape index (κ2) is 8.11. The van der Waals surface area contributed by atoms with E-state index in [4.69, 9.17) is 0 Å². The summed E-state index contributed by atoms with van der Waals surface area (Å²) in [4.78, 5) is 17.1. The van der Waals surface area contributed by atoms with Gasteiger partial charge in [0.15, 0.2) is 0 Å². The zero-order chi connectivity index (χ0) is 16.8. The Hall–Kier alpha value is -2.14. The monoisotopic (exact) mass is 326 g/mol. The maximum atomic E-state index is 12.7. The van der Waals surface area contributed by atoms with Crippen molar-refractivity contribution in [3.05, 3.63) is 53.9 Å². The molecule has 2 aromatic rings. The number of nitrogens with one attached hydrogen (secondary N) is 1. The van der Waals surface area contributed by atoms with Gasteiger partial charge in [0, 0.05) is 44.8 Å². The van der Waals surface area contributed by atoms with Crippen molar-refractivity contribution in [1.29, 1.82) is 0 Å². The van der Waals surface area contributed by atoms with E-state index in [2.05, 4.69) is 39.1 Å². The fraction of sp³-hybridized carbons (Fsp3) is 0.474. The summed E-state index contributed by atoms with van der Waals surface area (Å²) in [6.45, 7) is 5.66. The van der Waals surface area contributed by atoms with Gasteiger partial charge < -0.3 is 9.80 Å². The minimum atomic E-state index is 0.275. The molecule has 1 fully saturated rings. The predicted octanol–water partition coefficient (Wildman–Crippen LogP) is 2.47. The molecule has 1 aliphatic heterocycles. The summed E-state index contributed by atoms with van der Waals surface area (Å²) in [6.07, 6.45) is 6.39. The number of amides is 1. The molecule has 128 valence electrons. The van der Waals surface area contributed by atoms with Crippen molar-refractivity contribution in [3.8, 4) is 0 Å². The maximum absolute atomic E-state index is 12.7. The lowest BCUT2D eigenvalue weighted by molar-refractivity contribution is -0.133. The first-order valence-corrected chi connectivity index (χ1v) is 8.79. The molecule has 1 aromatic heterocycles. The number of carbonyl (C=O) groups excluding carboxylic acids is 1. The van der Waals surface area contributed by atoms with Crippen LogP contribution in [0.4, 0.5) is 0 Å². The van der Waals surface area contributed by atoms with E-state index in [0.717, 1.165) is 32.5 Å². The molecule has 5 nitrogen and oxygen atoms in total. The number of benzene rings is 1. The van der Waals surface area contributed by atoms with E-state index in [-0.39, 0.29) is 11.9 Å². The zero-order valence-electron chi connectivity index (χ0n) is 14.3. The SMILES string of the molecule is CC[C@H]1CN(CCc2cn[nH]c2)CCC(=O)N1Cc1ccccc1. The number of hydrogen-bond donors (Lipinski definition) is 1. The first-order chi connectivity index (χ1) is 11.8. The van der Waals surface area contributed by atoms with E-state index >= 15 is 0 Å². The molecule has 24 heavy (non-hydrogen) atoms. The van der Waals surface area contributed by atoms with Gasteiger partial charge in [-0.05, 0) is 24.0 Å². The number of aromatic nitrogens is 2. The third kappa shape index (κ3) is 4.23. The van der Waals surface area contributed by atoms with Gasteiger partial charge in [-0.2, -0.15) is 5.10 Å². The fourth-order valence-corrected chi connectivity index (χ4v) is 3.34. The second-order valence-electron chi connectivity index (χ2n) is 6.48. The number of nitrogens with zero attached hydrogens (tertiary/aromatic N) is 3. The average molecular weight is 326 g/mol. The second-order valence-corrected chi connectivity index (χ2v) is 6.48. The van der Waals surface area contributed by atoms with Crippen molar-refractivity contribution in [2.24, 2.45) is 0 Å². The minimum Gasteiger partial charge on any atom is -0.334 e. The Labute approximate surface area is 143 Å². The molecule has 0 bridgehead atoms. The van der Waals surface area contributed by atoms with Crippen LogP contribution in [0.15, 0.2) is 42.7 Å². The molecule has 1 amide bonds. The highest BCUT2D eigenvalue weighted by atomic mass is 16.2. The molecule has 1 N–H and O–H groups in total. The maximum Gasteiger partial charge on any atom is 0.224 e. The van der Waals surface area contributed by atoms with Gasteiger partial charge >= 0.3 is 0 Å². The number of rotatable bonds is 6. The summed E-state index contributed by atoms with van der Waals surface area (Å²) in [5, 5.41) is 6.86. The molecule has 3 rings (SSSR count). The van der Waals surface area contributed by atoms with Gasteiger partial charge in [-0.25, -0.2) is 0 Å². The standard InChI is InChI=1S/C19H26N4O/c1-2-18-15-22(10-8-17-12-20-21-13-17)11-9-19(24)23(18)14-16-6-4-3-5-7-16/h3-7,12-13,18H,2,8-11,14-15H2,1H3,(H,20,21)/t18-/m0/s1. The zero-order valence-corrected chi connectivity index (χ0v) is 14.3. The minimum absolute atomic E-state index is 0.275. The fourth-order valence-electron chi connectivity index (χ4n) is 3.34. The lowest BCUT2D eigenvalue weighted by Gasteiger charge is -2.31. The van der Waals surface area contributed by atoms with Gasteiger partial charge in [-0.15, -0.1) is 0 Å². The molecule has 0 unspecified atom stereocenters. The van der Waals surface area contributed by atoms with E-state index in [1.54, 1.807) is 0 Å². The van der Waals surface area contributed by atoms with Gasteiger partial charge in [0.2, 0.25) is 5.91 Å². The van der Waals surface area contributed by atoms with Crippen molar-refractivity contribution < 1.29 is 4.79 Å². The van der Waals surface area contributed by atoms with Crippen LogP contribution in [0.25, 0.3) is 0 Å². The summed E-state index contributed by atoms with van der Waals surface area (Å²) in [6, 6.07) is 10.6. The van der Waals surface area contributed by atoms with Crippen LogP contribution in [0.2, 0.25) is 0 Å². The van der Waals surface area contributed by atoms with Crippen LogP contribution in [0, 0.1) is 0 Å². The summed E-state index contributed by atoms with van der Waals surface area (Å²) in [5.41, 5.74) is 2.43. The molecule has 5 heteroatoms. The first-order valence-electron chi connectivity index (χ1n) is 8.79. The Morgan fingerprint density at radius 2 is 2.08 bits per heavy atom. The Bertz CT molecular complexity index is 626. The van der Waals surface area contributed by atoms with Crippen LogP contribution in [-0.2, 0) is 17.8 Å². The van der Waals surface area contributed by atoms with Gasteiger partial charge in [0.1, 0.15) is 0 Å². The third-order valence-corrected chi connectivity index (χ3v) is 4.81. The van der Waals surface area contributed by atoms with Crippen LogP contribution in [0.5, 0.6) is 0 Å². The number of hydrogen-bond acceptors (Lipinski definition) is 3. The van der Waals surface area contributed by atoms with Crippen molar-refractivity contribution in [2.45, 2.75) is 38.8 Å². The Morgan fingerprint density at radius 1 is 1.25 bits per heavy atom. The van der Waals surface area contributed by atoms with Gasteiger partial charge in [0.25, 0.3) is 0 Å². The lowest BCUT2D eigenvalue weighted by atomic mass is 10.1. The first kappa shape index (κ1) is 16.7. The number of carbonyl (C=O) groups is 1. The summed E-state index contributed by atoms with van der Waals surface area (Å²) >= 11 is 0. The Balaban J connectivity index is 1.64. The van der Waals surface area contributed by atoms with E-state index in [9.17, 15) is 4.79 Å². The number of aromatic amines is 1. The smallest absolute Gasteiger partial charge is 0.224 e. The molecule has 1 aliphatic rings. The molecular formula is C19H26N4O. The van der Waals surface area contributed by atoms with Crippen LogP contribution >= 0.6 is 0 Å². The predicted molar refractivity (Wildman–Crippen MR) is 94.4 cm³/mol. The van der Waals surface area contributed by atoms with Crippen LogP contribution < -0.4 is 0 Å². The van der Waals surface area contributed by atoms with E-state index in [1.807, 2.05) is 30.6 Å². The van der Waals surface area contributed by atoms with E-state index in [0.29, 0.717) is 13.0 Å². The molecule has 1 atom stereocenters. The molecule has 1 aromatic carbocycles. The van der Waals surface area contributed by atoms with Gasteiger partial charge in [-0.1, -0.05) is 37.3 Å². The lowest BCUT2D eigenvalue weighted by Crippen LogP contribution is -2.42. The van der Waals surface area contributed by atoms with Crippen molar-refractivity contribution in [1.82, 2.24) is 20.0 Å². The summed E-state index contributed by atoms with van der Waals surface area (Å²) < 4.78 is 0. The average Bonchev–Trinajstić information content (AvgIpc) is 3.08. The summed E-state index contributed by atoms with van der Waals surface area (Å²) in [7, 11) is 0. The van der Waals surface area contributed by atoms with E-state index < -0.39 is 0 Å². The number of H-pyrrole nitrogens is 1. The van der Waals surface area contributed by atoms with Crippen LogP contribution in [0.3, 0.4) is 0 Å². The molecule has 0 spiro atoms. The van der Waals surface area contributed by atoms with Crippen molar-refractivity contribution in [3.63, 3.8) is 0 Å². The topological polar surface area (TPSA) is 52.2 Å². The van der Waals surface area contributed by atoms with Gasteiger partial charge in [0.05, 0.1) is 6.20 Å². The highest BCUT2D eigenvalue weighted by molar-refractivity contribution is 5.77. The van der Waals surface area contributed by atoms with Crippen molar-refractivity contribution in [2.75, 3.05) is 19.6 Å². The van der Waals surface area contributed by atoms with Crippen LogP contribution in [0.1, 0.15) is 30.9 Å². The highest BCUT2D eigenvalue weighted by Crippen LogP contribution is 2.18. The van der Waals surface area contributed by atoms with Crippen LogP contribution in [-0.4, -0.2) is 51.6 Å².